The van der Waals surface area contributed by atoms with Crippen LogP contribution in [0.1, 0.15) is 18.4 Å². The standard InChI is InChI=1S/C83H53N7/c84-52-53-27-29-54(30-28-53)73-51-74(55-31-39-63(40-32-55)89-77-25-13-9-21-67(77)71-49-59(37-45-81(71)89)57-35-43-79-69(47-57)65-19-7-11-23-75(65)87(79)61-15-3-1-4-16-61)86-83(85-73)56-33-41-64(42-34-56)90-78-26-14-10-22-68(78)72-50-60(38-46-82(72)90)58-36-44-80-70(48-58)66-20-8-12-24-76(66)88(80)62-17-5-2-6-18-62/h1,3-5,7-51H,2,6H2. The molecule has 5 aromatic heterocycles. The minimum atomic E-state index is 0.596. The van der Waals surface area contributed by atoms with Crippen LogP contribution in [0.3, 0.4) is 0 Å². The van der Waals surface area contributed by atoms with Crippen LogP contribution >= 0.6 is 0 Å². The van der Waals surface area contributed by atoms with E-state index in [2.05, 4.69) is 297 Å². The van der Waals surface area contributed by atoms with Gasteiger partial charge in [-0.3, -0.25) is 0 Å². The first-order chi connectivity index (χ1) is 44.6. The number of nitrogens with zero attached hydrogens (tertiary/aromatic N) is 7. The Bertz CT molecular complexity index is 5880. The highest BCUT2D eigenvalue weighted by Crippen LogP contribution is 2.42. The zero-order valence-corrected chi connectivity index (χ0v) is 48.8. The second-order valence-electron chi connectivity index (χ2n) is 23.5. The van der Waals surface area contributed by atoms with Gasteiger partial charge in [0.15, 0.2) is 5.82 Å². The number of benzene rings is 12. The van der Waals surface area contributed by atoms with Crippen molar-refractivity contribution in [2.24, 2.45) is 0 Å². The molecule has 7 nitrogen and oxygen atoms in total. The Morgan fingerprint density at radius 1 is 0.289 bits per heavy atom. The average molecular weight is 1150 g/mol. The van der Waals surface area contributed by atoms with Crippen molar-refractivity contribution in [3.63, 3.8) is 0 Å². The van der Waals surface area contributed by atoms with Crippen molar-refractivity contribution < 1.29 is 0 Å². The molecule has 12 aromatic carbocycles. The number of allylic oxidation sites excluding steroid dienone is 4. The van der Waals surface area contributed by atoms with Crippen LogP contribution in [0.5, 0.6) is 0 Å². The second-order valence-corrected chi connectivity index (χ2v) is 23.5. The molecule has 5 heterocycles. The summed E-state index contributed by atoms with van der Waals surface area (Å²) in [6, 6.07) is 102. The number of rotatable bonds is 9. The van der Waals surface area contributed by atoms with Crippen LogP contribution in [0.2, 0.25) is 0 Å². The van der Waals surface area contributed by atoms with E-state index in [1.54, 1.807) is 0 Å². The van der Waals surface area contributed by atoms with Gasteiger partial charge in [0.05, 0.1) is 67.2 Å². The molecule has 0 atom stereocenters. The lowest BCUT2D eigenvalue weighted by Crippen LogP contribution is -1.98. The van der Waals surface area contributed by atoms with E-state index < -0.39 is 0 Å². The number of para-hydroxylation sites is 5. The summed E-state index contributed by atoms with van der Waals surface area (Å²) in [5, 5.41) is 19.5. The highest BCUT2D eigenvalue weighted by molar-refractivity contribution is 6.15. The fraction of sp³-hybridized carbons (Fsp3) is 0.0241. The van der Waals surface area contributed by atoms with Gasteiger partial charge in [-0.05, 0) is 181 Å². The lowest BCUT2D eigenvalue weighted by molar-refractivity contribution is 1.02. The van der Waals surface area contributed by atoms with Crippen LogP contribution in [0.25, 0.3) is 166 Å². The van der Waals surface area contributed by atoms with E-state index in [0.29, 0.717) is 11.4 Å². The molecule has 0 saturated heterocycles. The summed E-state index contributed by atoms with van der Waals surface area (Å²) in [6.45, 7) is 0. The van der Waals surface area contributed by atoms with Gasteiger partial charge < -0.3 is 18.3 Å². The summed E-state index contributed by atoms with van der Waals surface area (Å²) in [5.74, 6) is 0.612. The Hall–Kier alpha value is -12.1. The smallest absolute Gasteiger partial charge is 0.160 e. The Balaban J connectivity index is 0.690. The molecule has 420 valence electrons. The van der Waals surface area contributed by atoms with E-state index >= 15 is 0 Å². The second kappa shape index (κ2) is 20.5. The highest BCUT2D eigenvalue weighted by atomic mass is 15.0. The molecule has 0 bridgehead atoms. The fourth-order valence-electron chi connectivity index (χ4n) is 14.2. The summed E-state index contributed by atoms with van der Waals surface area (Å²) >= 11 is 0. The number of hydrogen-bond acceptors (Lipinski definition) is 3. The first-order valence-electron chi connectivity index (χ1n) is 30.7. The van der Waals surface area contributed by atoms with Crippen LogP contribution in [-0.2, 0) is 0 Å². The largest absolute Gasteiger partial charge is 0.310 e. The first kappa shape index (κ1) is 51.1. The third-order valence-corrected chi connectivity index (χ3v) is 18.4. The number of hydrogen-bond donors (Lipinski definition) is 0. The lowest BCUT2D eigenvalue weighted by Gasteiger charge is -2.13. The van der Waals surface area contributed by atoms with E-state index in [1.165, 1.54) is 93.1 Å². The molecule has 1 aliphatic rings. The maximum absolute atomic E-state index is 9.72. The number of fused-ring (bicyclic) bond motifs is 12. The van der Waals surface area contributed by atoms with E-state index in [9.17, 15) is 5.26 Å². The van der Waals surface area contributed by atoms with E-state index in [4.69, 9.17) is 9.97 Å². The summed E-state index contributed by atoms with van der Waals surface area (Å²) in [6.07, 6.45) is 9.03. The first-order valence-corrected chi connectivity index (χ1v) is 30.7. The molecular formula is C83H53N7. The summed E-state index contributed by atoms with van der Waals surface area (Å²) in [4.78, 5) is 10.6. The molecule has 90 heavy (non-hydrogen) atoms. The van der Waals surface area contributed by atoms with Gasteiger partial charge in [0.25, 0.3) is 0 Å². The minimum absolute atomic E-state index is 0.596. The van der Waals surface area contributed by atoms with Crippen molar-refractivity contribution in [1.82, 2.24) is 28.2 Å². The van der Waals surface area contributed by atoms with Gasteiger partial charge >= 0.3 is 0 Å². The molecule has 7 heteroatoms. The zero-order chi connectivity index (χ0) is 59.4. The van der Waals surface area contributed by atoms with Gasteiger partial charge in [-0.1, -0.05) is 152 Å². The maximum Gasteiger partial charge on any atom is 0.160 e. The van der Waals surface area contributed by atoms with Gasteiger partial charge in [0.1, 0.15) is 0 Å². The highest BCUT2D eigenvalue weighted by Gasteiger charge is 2.21. The molecule has 0 N–H and O–H groups in total. The molecule has 0 fully saturated rings. The summed E-state index contributed by atoms with van der Waals surface area (Å²) in [5.41, 5.74) is 23.5. The van der Waals surface area contributed by atoms with Crippen molar-refractivity contribution in [3.05, 3.63) is 303 Å². The van der Waals surface area contributed by atoms with Crippen LogP contribution in [0, 0.1) is 11.3 Å². The molecule has 1 aliphatic carbocycles. The van der Waals surface area contributed by atoms with Gasteiger partial charge in [-0.25, -0.2) is 9.97 Å². The molecule has 0 amide bonds. The fourth-order valence-corrected chi connectivity index (χ4v) is 14.2. The Morgan fingerprint density at radius 2 is 0.633 bits per heavy atom. The van der Waals surface area contributed by atoms with Gasteiger partial charge in [0.2, 0.25) is 0 Å². The quantitative estimate of drug-likeness (QED) is 0.145. The van der Waals surface area contributed by atoms with Crippen molar-refractivity contribution in [2.45, 2.75) is 12.8 Å². The normalized spacial score (nSPS) is 12.6. The number of aromatic nitrogens is 6. The molecule has 0 radical (unpaired) electrons. The Kier molecular flexibility index (Phi) is 11.7. The Morgan fingerprint density at radius 3 is 1.04 bits per heavy atom. The molecule has 0 spiro atoms. The van der Waals surface area contributed by atoms with Crippen LogP contribution < -0.4 is 0 Å². The molecule has 0 unspecified atom stereocenters. The van der Waals surface area contributed by atoms with Crippen molar-refractivity contribution in [2.75, 3.05) is 0 Å². The maximum atomic E-state index is 9.72. The Labute approximate surface area is 518 Å². The summed E-state index contributed by atoms with van der Waals surface area (Å²) < 4.78 is 9.52. The van der Waals surface area contributed by atoms with Gasteiger partial charge in [0, 0.05) is 82.5 Å². The van der Waals surface area contributed by atoms with Crippen LogP contribution in [0.15, 0.2) is 297 Å². The van der Waals surface area contributed by atoms with Crippen LogP contribution in [0.4, 0.5) is 0 Å². The average Bonchev–Trinajstić information content (AvgIpc) is 1.74. The third-order valence-electron chi connectivity index (χ3n) is 18.4. The zero-order valence-electron chi connectivity index (χ0n) is 48.8. The van der Waals surface area contributed by atoms with E-state index in [-0.39, 0.29) is 0 Å². The minimum Gasteiger partial charge on any atom is -0.310 e. The van der Waals surface area contributed by atoms with Gasteiger partial charge in [-0.15, -0.1) is 0 Å². The van der Waals surface area contributed by atoms with Crippen LogP contribution in [-0.4, -0.2) is 28.2 Å². The topological polar surface area (TPSA) is 69.3 Å². The predicted molar refractivity (Wildman–Crippen MR) is 373 cm³/mol. The van der Waals surface area contributed by atoms with Gasteiger partial charge in [-0.2, -0.15) is 5.26 Å². The van der Waals surface area contributed by atoms with Crippen molar-refractivity contribution in [3.8, 4) is 79.3 Å². The SMILES string of the molecule is N#Cc1ccc(-c2cc(-c3ccc(-n4c5ccccc5c5cc(-c6ccc7c(c6)c6ccccc6n7-c6ccccc6)ccc54)cc3)nc(-c3ccc(-n4c5ccccc5c5cc(-c6ccc7c(c6)c6ccccc6n7C6=CCCC=C6)ccc54)cc3)n2)cc1. The lowest BCUT2D eigenvalue weighted by atomic mass is 10.0. The molecule has 17 aromatic rings. The molecule has 0 aliphatic heterocycles. The molecule has 18 rings (SSSR count). The number of nitriles is 1. The third kappa shape index (κ3) is 8.20. The van der Waals surface area contributed by atoms with Crippen molar-refractivity contribution in [1.29, 1.82) is 5.26 Å². The van der Waals surface area contributed by atoms with E-state index in [1.807, 2.05) is 24.3 Å². The molecule has 0 saturated carbocycles. The summed E-state index contributed by atoms with van der Waals surface area (Å²) in [7, 11) is 0. The predicted octanol–water partition coefficient (Wildman–Crippen LogP) is 21.3. The molecular weight excluding hydrogens is 1090 g/mol. The van der Waals surface area contributed by atoms with Crippen molar-refractivity contribution >= 4 is 92.9 Å². The van der Waals surface area contributed by atoms with E-state index in [0.717, 1.165) is 80.0 Å². The monoisotopic (exact) mass is 1150 g/mol.